The maximum Gasteiger partial charge on any atom is 0.390 e. The van der Waals surface area contributed by atoms with Gasteiger partial charge in [-0.1, -0.05) is 12.1 Å². The zero-order valence-electron chi connectivity index (χ0n) is 18.5. The second kappa shape index (κ2) is 9.76. The molecule has 0 spiro atoms. The van der Waals surface area contributed by atoms with Gasteiger partial charge in [-0.3, -0.25) is 14.3 Å². The predicted octanol–water partition coefficient (Wildman–Crippen LogP) is 5.32. The first-order chi connectivity index (χ1) is 16.7. The third-order valence-corrected chi connectivity index (χ3v) is 6.72. The number of nitriles is 1. The lowest BCUT2D eigenvalue weighted by atomic mass is 10.1. The van der Waals surface area contributed by atoms with E-state index in [0.29, 0.717) is 40.5 Å². The van der Waals surface area contributed by atoms with E-state index in [1.807, 2.05) is 12.1 Å². The van der Waals surface area contributed by atoms with Crippen molar-refractivity contribution in [1.29, 1.82) is 5.26 Å². The molecular weight excluding hydrogens is 481 g/mol. The molecule has 3 heterocycles. The van der Waals surface area contributed by atoms with Crippen molar-refractivity contribution in [3.63, 3.8) is 0 Å². The Bertz CT molecular complexity index is 1510. The van der Waals surface area contributed by atoms with Crippen LogP contribution < -0.4 is 16.0 Å². The molecule has 0 radical (unpaired) electrons. The maximum atomic E-state index is 12.7. The molecule has 11 heteroatoms. The highest BCUT2D eigenvalue weighted by atomic mass is 32.1. The Kier molecular flexibility index (Phi) is 6.75. The number of thiophene rings is 1. The number of nitrogens with one attached hydrogen (secondary N) is 1. The van der Waals surface area contributed by atoms with Crippen LogP contribution in [0.4, 0.5) is 13.2 Å². The summed E-state index contributed by atoms with van der Waals surface area (Å²) in [6.45, 7) is 1.09. The number of aromatic nitrogens is 3. The van der Waals surface area contributed by atoms with Gasteiger partial charge in [0.1, 0.15) is 10.6 Å². The molecule has 0 saturated carbocycles. The molecule has 0 unspecified atom stereocenters. The van der Waals surface area contributed by atoms with Crippen LogP contribution in [-0.4, -0.2) is 20.7 Å². The fraction of sp³-hybridized carbons (Fsp3) is 0.250. The van der Waals surface area contributed by atoms with E-state index in [0.717, 1.165) is 21.5 Å². The fourth-order valence-electron chi connectivity index (χ4n) is 3.61. The third-order valence-electron chi connectivity index (χ3n) is 5.35. The lowest BCUT2D eigenvalue weighted by Crippen LogP contribution is -2.31. The number of hydrogen-bond donors (Lipinski definition) is 1. The van der Waals surface area contributed by atoms with Gasteiger partial charge in [-0.15, -0.1) is 11.3 Å². The Morgan fingerprint density at radius 2 is 1.91 bits per heavy atom. The van der Waals surface area contributed by atoms with Gasteiger partial charge < -0.3 is 4.74 Å². The highest BCUT2D eigenvalue weighted by Crippen LogP contribution is 2.37. The van der Waals surface area contributed by atoms with E-state index in [-0.39, 0.29) is 10.2 Å². The molecule has 0 amide bonds. The second-order valence-corrected chi connectivity index (χ2v) is 8.80. The molecule has 1 N–H and O–H groups in total. The monoisotopic (exact) mass is 500 g/mol. The van der Waals surface area contributed by atoms with Crippen LogP contribution in [0.3, 0.4) is 0 Å². The van der Waals surface area contributed by atoms with Crippen LogP contribution in [0, 0.1) is 18.3 Å². The largest absolute Gasteiger partial charge is 0.439 e. The predicted molar refractivity (Wildman–Crippen MR) is 126 cm³/mol. The Balaban J connectivity index is 1.61. The first kappa shape index (κ1) is 24.2. The Hall–Kier alpha value is -3.91. The molecule has 0 aliphatic rings. The molecule has 0 bridgehead atoms. The number of alkyl halides is 3. The molecule has 180 valence electrons. The lowest BCUT2D eigenvalue weighted by Gasteiger charge is -2.09. The van der Waals surface area contributed by atoms with E-state index in [1.165, 1.54) is 0 Å². The van der Waals surface area contributed by atoms with Crippen molar-refractivity contribution >= 4 is 21.6 Å². The number of hydrogen-bond acceptors (Lipinski definition) is 6. The molecule has 0 saturated heterocycles. The Morgan fingerprint density at radius 3 is 2.54 bits per heavy atom. The van der Waals surface area contributed by atoms with E-state index in [9.17, 15) is 22.8 Å². The summed E-state index contributed by atoms with van der Waals surface area (Å²) in [5.74, 6) is 0.904. The van der Waals surface area contributed by atoms with Crippen LogP contribution in [0.25, 0.3) is 20.7 Å². The van der Waals surface area contributed by atoms with E-state index in [2.05, 4.69) is 16.0 Å². The third kappa shape index (κ3) is 5.44. The first-order valence-electron chi connectivity index (χ1n) is 10.6. The molecule has 1 aromatic carbocycles. The van der Waals surface area contributed by atoms with Gasteiger partial charge in [-0.2, -0.15) is 18.4 Å². The van der Waals surface area contributed by atoms with Gasteiger partial charge in [-0.05, 0) is 42.7 Å². The molecule has 4 aromatic rings. The standard InChI is InChI=1S/C24H19F3N4O3S/c1-14-19-21(32)30-23(33)31(12-10-24(25,26)27)22(19)35-20(14)16-6-9-18(29-13-16)34-17-7-4-15(5-8-17)3-2-11-28/h4-9,13H,2-3,10,12H2,1H3,(H,30,32,33). The lowest BCUT2D eigenvalue weighted by molar-refractivity contribution is -0.136. The zero-order valence-corrected chi connectivity index (χ0v) is 19.3. The smallest absolute Gasteiger partial charge is 0.390 e. The van der Waals surface area contributed by atoms with Crippen LogP contribution in [-0.2, 0) is 13.0 Å². The van der Waals surface area contributed by atoms with Gasteiger partial charge in [-0.25, -0.2) is 9.78 Å². The van der Waals surface area contributed by atoms with Crippen molar-refractivity contribution in [2.75, 3.05) is 0 Å². The number of H-pyrrole nitrogens is 1. The molecule has 0 aliphatic heterocycles. The summed E-state index contributed by atoms with van der Waals surface area (Å²) >= 11 is 1.07. The maximum absolute atomic E-state index is 12.7. The van der Waals surface area contributed by atoms with Crippen LogP contribution >= 0.6 is 11.3 Å². The molecule has 0 aliphatic carbocycles. The molecule has 0 fully saturated rings. The van der Waals surface area contributed by atoms with Crippen molar-refractivity contribution in [3.05, 3.63) is 74.6 Å². The van der Waals surface area contributed by atoms with Crippen molar-refractivity contribution in [2.45, 2.75) is 38.9 Å². The van der Waals surface area contributed by atoms with Crippen molar-refractivity contribution in [2.24, 2.45) is 0 Å². The topological polar surface area (TPSA) is 101 Å². The summed E-state index contributed by atoms with van der Waals surface area (Å²) in [5.41, 5.74) is 0.693. The number of halogens is 3. The highest BCUT2D eigenvalue weighted by Gasteiger charge is 2.28. The fourth-order valence-corrected chi connectivity index (χ4v) is 4.93. The molecule has 0 atom stereocenters. The minimum absolute atomic E-state index is 0.184. The van der Waals surface area contributed by atoms with Crippen molar-refractivity contribution < 1.29 is 17.9 Å². The van der Waals surface area contributed by atoms with Gasteiger partial charge in [0.25, 0.3) is 5.56 Å². The van der Waals surface area contributed by atoms with Crippen LogP contribution in [0.2, 0.25) is 0 Å². The minimum Gasteiger partial charge on any atom is -0.439 e. The van der Waals surface area contributed by atoms with Crippen molar-refractivity contribution in [1.82, 2.24) is 14.5 Å². The average molecular weight is 501 g/mol. The average Bonchev–Trinajstić information content (AvgIpc) is 3.15. The number of ether oxygens (including phenoxy) is 1. The quantitative estimate of drug-likeness (QED) is 0.370. The van der Waals surface area contributed by atoms with Crippen LogP contribution in [0.15, 0.2) is 52.2 Å². The molecule has 35 heavy (non-hydrogen) atoms. The van der Waals surface area contributed by atoms with Crippen LogP contribution in [0.5, 0.6) is 11.6 Å². The normalized spacial score (nSPS) is 11.5. The first-order valence-corrected chi connectivity index (χ1v) is 11.4. The van der Waals surface area contributed by atoms with Gasteiger partial charge in [0.05, 0.1) is 17.9 Å². The molecule has 3 aromatic heterocycles. The number of pyridine rings is 1. The van der Waals surface area contributed by atoms with E-state index in [4.69, 9.17) is 10.00 Å². The summed E-state index contributed by atoms with van der Waals surface area (Å²) < 4.78 is 45.0. The number of fused-ring (bicyclic) bond motifs is 1. The van der Waals surface area contributed by atoms with E-state index >= 15 is 0 Å². The van der Waals surface area contributed by atoms with Gasteiger partial charge in [0.15, 0.2) is 0 Å². The van der Waals surface area contributed by atoms with E-state index < -0.39 is 30.4 Å². The minimum atomic E-state index is -4.44. The summed E-state index contributed by atoms with van der Waals surface area (Å²) in [4.78, 5) is 31.9. The molecule has 4 rings (SSSR count). The summed E-state index contributed by atoms with van der Waals surface area (Å²) in [6, 6.07) is 12.8. The zero-order chi connectivity index (χ0) is 25.2. The summed E-state index contributed by atoms with van der Waals surface area (Å²) in [7, 11) is 0. The Morgan fingerprint density at radius 1 is 1.17 bits per heavy atom. The summed E-state index contributed by atoms with van der Waals surface area (Å²) in [5, 5.41) is 8.86. The number of nitrogens with zero attached hydrogens (tertiary/aromatic N) is 3. The highest BCUT2D eigenvalue weighted by molar-refractivity contribution is 7.22. The number of rotatable bonds is 7. The number of benzene rings is 1. The Labute approximate surface area is 201 Å². The molecule has 7 nitrogen and oxygen atoms in total. The van der Waals surface area contributed by atoms with Crippen LogP contribution in [0.1, 0.15) is 24.0 Å². The number of aryl methyl sites for hydroxylation is 3. The van der Waals surface area contributed by atoms with Gasteiger partial charge >= 0.3 is 11.9 Å². The SMILES string of the molecule is Cc1c(-c2ccc(Oc3ccc(CCC#N)cc3)nc2)sc2c1c(=O)[nH]c(=O)n2CCC(F)(F)F. The van der Waals surface area contributed by atoms with Gasteiger partial charge in [0, 0.05) is 35.7 Å². The van der Waals surface area contributed by atoms with E-state index in [1.54, 1.807) is 37.4 Å². The number of aromatic amines is 1. The summed E-state index contributed by atoms with van der Waals surface area (Å²) in [6.07, 6.45) is -2.99. The molecular formula is C24H19F3N4O3S. The van der Waals surface area contributed by atoms with Gasteiger partial charge in [0.2, 0.25) is 5.88 Å². The second-order valence-electron chi connectivity index (χ2n) is 7.80. The van der Waals surface area contributed by atoms with Crippen molar-refractivity contribution in [3.8, 4) is 28.1 Å².